The van der Waals surface area contributed by atoms with Gasteiger partial charge in [0.2, 0.25) is 0 Å². The molecule has 0 aliphatic carbocycles. The van der Waals surface area contributed by atoms with Crippen molar-refractivity contribution in [3.05, 3.63) is 94.2 Å². The molecule has 4 aromatic rings. The zero-order chi connectivity index (χ0) is 19.5. The highest BCUT2D eigenvalue weighted by atomic mass is 35.5. The van der Waals surface area contributed by atoms with E-state index in [4.69, 9.17) is 11.6 Å². The number of thiophene rings is 1. The summed E-state index contributed by atoms with van der Waals surface area (Å²) in [7, 11) is 0. The molecule has 0 aliphatic heterocycles. The van der Waals surface area contributed by atoms with Gasteiger partial charge < -0.3 is 5.32 Å². The fourth-order valence-electron chi connectivity index (χ4n) is 2.77. The molecule has 2 heterocycles. The van der Waals surface area contributed by atoms with Gasteiger partial charge in [0.15, 0.2) is 0 Å². The Hall–Kier alpha value is -2.96. The molecule has 0 fully saturated rings. The van der Waals surface area contributed by atoms with Crippen molar-refractivity contribution in [2.45, 2.75) is 6.54 Å². The zero-order valence-corrected chi connectivity index (χ0v) is 16.2. The third kappa shape index (κ3) is 3.98. The Bertz CT molecular complexity index is 1110. The second kappa shape index (κ2) is 7.96. The van der Waals surface area contributed by atoms with Crippen LogP contribution in [0, 0.1) is 5.82 Å². The monoisotopic (exact) mass is 411 g/mol. The van der Waals surface area contributed by atoms with E-state index < -0.39 is 0 Å². The van der Waals surface area contributed by atoms with Crippen molar-refractivity contribution in [1.82, 2.24) is 15.1 Å². The normalized spacial score (nSPS) is 10.8. The van der Waals surface area contributed by atoms with Gasteiger partial charge in [0.05, 0.1) is 10.6 Å². The number of hydrogen-bond acceptors (Lipinski definition) is 3. The molecule has 0 atom stereocenters. The van der Waals surface area contributed by atoms with Gasteiger partial charge in [-0.25, -0.2) is 9.07 Å². The molecule has 0 saturated carbocycles. The number of benzene rings is 2. The summed E-state index contributed by atoms with van der Waals surface area (Å²) in [6.45, 7) is 0.286. The number of hydrogen-bond donors (Lipinski definition) is 1. The van der Waals surface area contributed by atoms with Crippen molar-refractivity contribution in [2.75, 3.05) is 0 Å². The van der Waals surface area contributed by atoms with E-state index in [1.807, 2.05) is 29.6 Å². The van der Waals surface area contributed by atoms with E-state index in [0.717, 1.165) is 10.4 Å². The number of halogens is 2. The van der Waals surface area contributed by atoms with Gasteiger partial charge in [-0.05, 0) is 53.4 Å². The number of nitrogens with one attached hydrogen (secondary N) is 1. The summed E-state index contributed by atoms with van der Waals surface area (Å²) >= 11 is 7.67. The average molecular weight is 412 g/mol. The summed E-state index contributed by atoms with van der Waals surface area (Å²) in [6, 6.07) is 18.8. The van der Waals surface area contributed by atoms with Crippen LogP contribution >= 0.6 is 22.9 Å². The predicted octanol–water partition coefficient (Wildman–Crippen LogP) is 5.32. The first-order chi connectivity index (χ1) is 13.6. The number of amides is 1. The number of carbonyl (C=O) groups is 1. The summed E-state index contributed by atoms with van der Waals surface area (Å²) in [4.78, 5) is 13.8. The molecule has 1 amide bonds. The lowest BCUT2D eigenvalue weighted by atomic mass is 10.2. The van der Waals surface area contributed by atoms with Gasteiger partial charge in [-0.15, -0.1) is 11.3 Å². The summed E-state index contributed by atoms with van der Waals surface area (Å²) in [6.07, 6.45) is 0. The van der Waals surface area contributed by atoms with Crippen LogP contribution in [-0.4, -0.2) is 15.7 Å². The lowest BCUT2D eigenvalue weighted by Crippen LogP contribution is -2.25. The maximum Gasteiger partial charge on any atom is 0.270 e. The third-order valence-corrected chi connectivity index (χ3v) is 5.26. The largest absolute Gasteiger partial charge is 0.347 e. The number of carbonyl (C=O) groups excluding carboxylic acids is 1. The highest BCUT2D eigenvalue weighted by Crippen LogP contribution is 2.26. The lowest BCUT2D eigenvalue weighted by Gasteiger charge is -2.09. The van der Waals surface area contributed by atoms with Crippen molar-refractivity contribution in [2.24, 2.45) is 0 Å². The molecule has 2 aromatic heterocycles. The van der Waals surface area contributed by atoms with Crippen molar-refractivity contribution >= 4 is 28.8 Å². The van der Waals surface area contributed by atoms with E-state index >= 15 is 0 Å². The standard InChI is InChI=1S/C21H15ClFN3OS/c22-15-3-1-4-17(11-15)26-19(12-18(25-26)20-5-2-10-28-20)21(27)24-13-14-6-8-16(23)9-7-14/h1-12H,13H2,(H,24,27). The molecular weight excluding hydrogens is 397 g/mol. The van der Waals surface area contributed by atoms with Crippen LogP contribution in [0.3, 0.4) is 0 Å². The van der Waals surface area contributed by atoms with Crippen LogP contribution < -0.4 is 5.32 Å². The molecule has 0 radical (unpaired) electrons. The van der Waals surface area contributed by atoms with Crippen LogP contribution in [0.25, 0.3) is 16.3 Å². The molecule has 0 aliphatic rings. The first-order valence-electron chi connectivity index (χ1n) is 8.53. The number of nitrogens with zero attached hydrogens (tertiary/aromatic N) is 2. The van der Waals surface area contributed by atoms with Gasteiger partial charge in [-0.3, -0.25) is 4.79 Å². The minimum absolute atomic E-state index is 0.278. The Labute approximate surface area is 170 Å². The van der Waals surface area contributed by atoms with Crippen LogP contribution in [-0.2, 0) is 6.54 Å². The summed E-state index contributed by atoms with van der Waals surface area (Å²) in [5.74, 6) is -0.589. The van der Waals surface area contributed by atoms with Gasteiger partial charge in [0.25, 0.3) is 5.91 Å². The number of rotatable bonds is 5. The highest BCUT2D eigenvalue weighted by molar-refractivity contribution is 7.13. The molecule has 4 rings (SSSR count). The molecule has 0 spiro atoms. The molecule has 28 heavy (non-hydrogen) atoms. The Morgan fingerprint density at radius 1 is 1.11 bits per heavy atom. The van der Waals surface area contributed by atoms with Crippen LogP contribution in [0.2, 0.25) is 5.02 Å². The first kappa shape index (κ1) is 18.4. The topological polar surface area (TPSA) is 46.9 Å². The van der Waals surface area contributed by atoms with E-state index in [9.17, 15) is 9.18 Å². The molecule has 0 unspecified atom stereocenters. The maximum absolute atomic E-state index is 13.1. The van der Waals surface area contributed by atoms with Crippen LogP contribution in [0.5, 0.6) is 0 Å². The van der Waals surface area contributed by atoms with E-state index in [0.29, 0.717) is 22.1 Å². The van der Waals surface area contributed by atoms with Gasteiger partial charge >= 0.3 is 0 Å². The fourth-order valence-corrected chi connectivity index (χ4v) is 3.63. The van der Waals surface area contributed by atoms with Crippen molar-refractivity contribution in [3.8, 4) is 16.3 Å². The second-order valence-corrected chi connectivity index (χ2v) is 7.48. The molecule has 1 N–H and O–H groups in total. The highest BCUT2D eigenvalue weighted by Gasteiger charge is 2.18. The van der Waals surface area contributed by atoms with E-state index in [1.54, 1.807) is 46.4 Å². The van der Waals surface area contributed by atoms with Crippen LogP contribution in [0.4, 0.5) is 4.39 Å². The molecule has 0 bridgehead atoms. The smallest absolute Gasteiger partial charge is 0.270 e. The van der Waals surface area contributed by atoms with Crippen molar-refractivity contribution in [3.63, 3.8) is 0 Å². The van der Waals surface area contributed by atoms with Gasteiger partial charge in [-0.2, -0.15) is 5.10 Å². The molecule has 140 valence electrons. The van der Waals surface area contributed by atoms with E-state index in [-0.39, 0.29) is 18.3 Å². The number of aromatic nitrogens is 2. The van der Waals surface area contributed by atoms with Crippen molar-refractivity contribution in [1.29, 1.82) is 0 Å². The van der Waals surface area contributed by atoms with Crippen molar-refractivity contribution < 1.29 is 9.18 Å². The second-order valence-electron chi connectivity index (χ2n) is 6.09. The average Bonchev–Trinajstić information content (AvgIpc) is 3.37. The SMILES string of the molecule is O=C(NCc1ccc(F)cc1)c1cc(-c2cccs2)nn1-c1cccc(Cl)c1. The fraction of sp³-hybridized carbons (Fsp3) is 0.0476. The van der Waals surface area contributed by atoms with Crippen LogP contribution in [0.1, 0.15) is 16.1 Å². The molecular formula is C21H15ClFN3OS. The molecule has 0 saturated heterocycles. The first-order valence-corrected chi connectivity index (χ1v) is 9.78. The van der Waals surface area contributed by atoms with Gasteiger partial charge in [-0.1, -0.05) is 35.9 Å². The summed E-state index contributed by atoms with van der Waals surface area (Å²) in [5.41, 5.74) is 2.61. The zero-order valence-electron chi connectivity index (χ0n) is 14.6. The minimum Gasteiger partial charge on any atom is -0.347 e. The molecule has 2 aromatic carbocycles. The Kier molecular flexibility index (Phi) is 5.23. The Morgan fingerprint density at radius 3 is 2.64 bits per heavy atom. The van der Waals surface area contributed by atoms with Crippen LogP contribution in [0.15, 0.2) is 72.1 Å². The predicted molar refractivity (Wildman–Crippen MR) is 109 cm³/mol. The van der Waals surface area contributed by atoms with Gasteiger partial charge in [0, 0.05) is 11.6 Å². The Morgan fingerprint density at radius 2 is 1.93 bits per heavy atom. The maximum atomic E-state index is 13.1. The quantitative estimate of drug-likeness (QED) is 0.483. The van der Waals surface area contributed by atoms with E-state index in [1.165, 1.54) is 12.1 Å². The lowest BCUT2D eigenvalue weighted by molar-refractivity contribution is 0.0943. The van der Waals surface area contributed by atoms with Gasteiger partial charge in [0.1, 0.15) is 17.2 Å². The third-order valence-electron chi connectivity index (χ3n) is 4.13. The molecule has 7 heteroatoms. The van der Waals surface area contributed by atoms with E-state index in [2.05, 4.69) is 10.4 Å². The Balaban J connectivity index is 1.66. The summed E-state index contributed by atoms with van der Waals surface area (Å²) in [5, 5.41) is 10.00. The molecule has 4 nitrogen and oxygen atoms in total. The summed E-state index contributed by atoms with van der Waals surface area (Å²) < 4.78 is 14.6. The minimum atomic E-state index is -0.310.